The van der Waals surface area contributed by atoms with E-state index in [0.717, 1.165) is 37.5 Å². The molecule has 0 aromatic heterocycles. The largest absolute Gasteiger partial charge is 0.385 e. The van der Waals surface area contributed by atoms with Crippen molar-refractivity contribution in [2.45, 2.75) is 45.6 Å². The fraction of sp³-hybridized carbons (Fsp3) is 1.00. The second-order valence-corrected chi connectivity index (χ2v) is 4.77. The Balaban J connectivity index is 2.07. The zero-order valence-corrected chi connectivity index (χ0v) is 9.88. The van der Waals surface area contributed by atoms with Gasteiger partial charge < -0.3 is 10.1 Å². The van der Waals surface area contributed by atoms with Gasteiger partial charge in [0.05, 0.1) is 0 Å². The van der Waals surface area contributed by atoms with Crippen molar-refractivity contribution in [2.75, 3.05) is 20.3 Å². The third kappa shape index (κ3) is 3.97. The van der Waals surface area contributed by atoms with E-state index >= 15 is 0 Å². The molecule has 0 aromatic rings. The predicted octanol–water partition coefficient (Wildman–Crippen LogP) is 2.44. The summed E-state index contributed by atoms with van der Waals surface area (Å²) in [7, 11) is 1.77. The van der Waals surface area contributed by atoms with E-state index in [9.17, 15) is 0 Å². The SMILES string of the molecule is COCCCN[C@@H]1CC[C@H](C)[C@H](C)C1. The van der Waals surface area contributed by atoms with E-state index < -0.39 is 0 Å². The van der Waals surface area contributed by atoms with Gasteiger partial charge in [-0.2, -0.15) is 0 Å². The molecule has 1 fully saturated rings. The van der Waals surface area contributed by atoms with Crippen LogP contribution in [0.1, 0.15) is 39.5 Å². The molecule has 0 bridgehead atoms. The van der Waals surface area contributed by atoms with Crippen LogP contribution in [-0.2, 0) is 4.74 Å². The van der Waals surface area contributed by atoms with Crippen LogP contribution >= 0.6 is 0 Å². The summed E-state index contributed by atoms with van der Waals surface area (Å²) in [6.45, 7) is 6.75. The lowest BCUT2D eigenvalue weighted by atomic mass is 9.79. The van der Waals surface area contributed by atoms with Gasteiger partial charge in [-0.15, -0.1) is 0 Å². The molecule has 84 valence electrons. The van der Waals surface area contributed by atoms with E-state index in [2.05, 4.69) is 19.2 Å². The average Bonchev–Trinajstić information content (AvgIpc) is 2.18. The van der Waals surface area contributed by atoms with Crippen LogP contribution in [0.5, 0.6) is 0 Å². The Morgan fingerprint density at radius 1 is 1.21 bits per heavy atom. The lowest BCUT2D eigenvalue weighted by molar-refractivity contribution is 0.186. The summed E-state index contributed by atoms with van der Waals surface area (Å²) in [5.74, 6) is 1.82. The first-order chi connectivity index (χ1) is 6.74. The molecule has 3 atom stereocenters. The summed E-state index contributed by atoms with van der Waals surface area (Å²) in [5.41, 5.74) is 0. The maximum Gasteiger partial charge on any atom is 0.0474 e. The van der Waals surface area contributed by atoms with Crippen LogP contribution in [0.2, 0.25) is 0 Å². The first-order valence-electron chi connectivity index (χ1n) is 5.96. The Morgan fingerprint density at radius 3 is 2.64 bits per heavy atom. The van der Waals surface area contributed by atoms with Gasteiger partial charge in [0.25, 0.3) is 0 Å². The zero-order chi connectivity index (χ0) is 10.4. The van der Waals surface area contributed by atoms with Gasteiger partial charge in [0.1, 0.15) is 0 Å². The molecule has 0 spiro atoms. The van der Waals surface area contributed by atoms with Crippen LogP contribution in [0.15, 0.2) is 0 Å². The van der Waals surface area contributed by atoms with Crippen LogP contribution in [0, 0.1) is 11.8 Å². The summed E-state index contributed by atoms with van der Waals surface area (Å²) < 4.78 is 5.03. The molecule has 0 aromatic carbocycles. The van der Waals surface area contributed by atoms with Crippen LogP contribution in [0.25, 0.3) is 0 Å². The fourth-order valence-electron chi connectivity index (χ4n) is 2.26. The van der Waals surface area contributed by atoms with Crippen LogP contribution in [-0.4, -0.2) is 26.3 Å². The maximum atomic E-state index is 5.03. The van der Waals surface area contributed by atoms with Crippen molar-refractivity contribution in [2.24, 2.45) is 11.8 Å². The average molecular weight is 199 g/mol. The van der Waals surface area contributed by atoms with Gasteiger partial charge in [-0.25, -0.2) is 0 Å². The number of hydrogen-bond acceptors (Lipinski definition) is 2. The second-order valence-electron chi connectivity index (χ2n) is 4.77. The lowest BCUT2D eigenvalue weighted by Gasteiger charge is -2.32. The van der Waals surface area contributed by atoms with E-state index in [1.54, 1.807) is 7.11 Å². The molecule has 1 rings (SSSR count). The van der Waals surface area contributed by atoms with Crippen molar-refractivity contribution in [3.8, 4) is 0 Å². The number of nitrogens with one attached hydrogen (secondary N) is 1. The van der Waals surface area contributed by atoms with Crippen LogP contribution < -0.4 is 5.32 Å². The van der Waals surface area contributed by atoms with Crippen molar-refractivity contribution in [3.05, 3.63) is 0 Å². The zero-order valence-electron chi connectivity index (χ0n) is 9.88. The maximum absolute atomic E-state index is 5.03. The Morgan fingerprint density at radius 2 is 2.00 bits per heavy atom. The number of rotatable bonds is 5. The molecule has 1 N–H and O–H groups in total. The molecule has 1 aliphatic rings. The minimum Gasteiger partial charge on any atom is -0.385 e. The molecule has 0 aliphatic heterocycles. The molecule has 2 heteroatoms. The molecule has 14 heavy (non-hydrogen) atoms. The number of methoxy groups -OCH3 is 1. The predicted molar refractivity (Wildman–Crippen MR) is 60.5 cm³/mol. The molecule has 2 nitrogen and oxygen atoms in total. The van der Waals surface area contributed by atoms with E-state index in [4.69, 9.17) is 4.74 Å². The normalized spacial score (nSPS) is 33.2. The highest BCUT2D eigenvalue weighted by molar-refractivity contribution is 4.79. The molecule has 1 aliphatic carbocycles. The van der Waals surface area contributed by atoms with E-state index in [1.807, 2.05) is 0 Å². The minimum absolute atomic E-state index is 0.762. The Kier molecular flexibility index (Phi) is 5.49. The highest BCUT2D eigenvalue weighted by atomic mass is 16.5. The molecular formula is C12H25NO. The van der Waals surface area contributed by atoms with E-state index in [-0.39, 0.29) is 0 Å². The first kappa shape index (κ1) is 12.0. The summed E-state index contributed by atoms with van der Waals surface area (Å²) in [5, 5.41) is 3.63. The van der Waals surface area contributed by atoms with Gasteiger partial charge in [0, 0.05) is 19.8 Å². The van der Waals surface area contributed by atoms with Gasteiger partial charge in [-0.3, -0.25) is 0 Å². The Bertz CT molecular complexity index is 149. The number of ether oxygens (including phenoxy) is 1. The van der Waals surface area contributed by atoms with E-state index in [1.165, 1.54) is 19.3 Å². The molecule has 0 unspecified atom stereocenters. The second kappa shape index (κ2) is 6.41. The quantitative estimate of drug-likeness (QED) is 0.687. The first-order valence-corrected chi connectivity index (χ1v) is 5.96. The Hall–Kier alpha value is -0.0800. The van der Waals surface area contributed by atoms with Gasteiger partial charge in [0.15, 0.2) is 0 Å². The summed E-state index contributed by atoms with van der Waals surface area (Å²) >= 11 is 0. The smallest absolute Gasteiger partial charge is 0.0474 e. The fourth-order valence-corrected chi connectivity index (χ4v) is 2.26. The van der Waals surface area contributed by atoms with Crippen LogP contribution in [0.3, 0.4) is 0 Å². The summed E-state index contributed by atoms with van der Waals surface area (Å²) in [6.07, 6.45) is 5.24. The van der Waals surface area contributed by atoms with Gasteiger partial charge in [-0.1, -0.05) is 13.8 Å². The minimum atomic E-state index is 0.762. The standard InChI is InChI=1S/C12H25NO/c1-10-5-6-12(9-11(10)2)13-7-4-8-14-3/h10-13H,4-9H2,1-3H3/t10-,11+,12+/m0/s1. The van der Waals surface area contributed by atoms with Crippen molar-refractivity contribution in [1.82, 2.24) is 5.32 Å². The molecule has 0 amide bonds. The lowest BCUT2D eigenvalue weighted by Crippen LogP contribution is -2.36. The van der Waals surface area contributed by atoms with Gasteiger partial charge in [-0.05, 0) is 44.1 Å². The third-order valence-electron chi connectivity index (χ3n) is 3.56. The monoisotopic (exact) mass is 199 g/mol. The van der Waals surface area contributed by atoms with Crippen molar-refractivity contribution >= 4 is 0 Å². The topological polar surface area (TPSA) is 21.3 Å². The van der Waals surface area contributed by atoms with Crippen molar-refractivity contribution < 1.29 is 4.74 Å². The van der Waals surface area contributed by atoms with Crippen molar-refractivity contribution in [1.29, 1.82) is 0 Å². The van der Waals surface area contributed by atoms with Gasteiger partial charge >= 0.3 is 0 Å². The highest BCUT2D eigenvalue weighted by Crippen LogP contribution is 2.29. The molecular weight excluding hydrogens is 174 g/mol. The number of hydrogen-bond donors (Lipinski definition) is 1. The summed E-state index contributed by atoms with van der Waals surface area (Å²) in [4.78, 5) is 0. The molecule has 1 saturated carbocycles. The van der Waals surface area contributed by atoms with Gasteiger partial charge in [0.2, 0.25) is 0 Å². The molecule has 0 heterocycles. The molecule has 0 radical (unpaired) electrons. The summed E-state index contributed by atoms with van der Waals surface area (Å²) in [6, 6.07) is 0.762. The molecule has 0 saturated heterocycles. The highest BCUT2D eigenvalue weighted by Gasteiger charge is 2.23. The van der Waals surface area contributed by atoms with E-state index in [0.29, 0.717) is 0 Å². The van der Waals surface area contributed by atoms with Crippen LogP contribution in [0.4, 0.5) is 0 Å². The Labute approximate surface area is 88.4 Å². The third-order valence-corrected chi connectivity index (χ3v) is 3.56. The van der Waals surface area contributed by atoms with Crippen molar-refractivity contribution in [3.63, 3.8) is 0 Å².